The van der Waals surface area contributed by atoms with Gasteiger partial charge in [-0.05, 0) is 13.0 Å². The van der Waals surface area contributed by atoms with Crippen LogP contribution in [-0.4, -0.2) is 47.0 Å². The number of pyridine rings is 1. The molecule has 0 aliphatic heterocycles. The van der Waals surface area contributed by atoms with Crippen LogP contribution in [0.1, 0.15) is 29.1 Å². The highest BCUT2D eigenvalue weighted by atomic mass is 16.5. The average molecular weight is 269 g/mol. The Morgan fingerprint density at radius 3 is 2.53 bits per heavy atom. The van der Waals surface area contributed by atoms with Crippen LogP contribution in [0.5, 0.6) is 0 Å². The largest absolute Gasteiger partial charge is 0.464 e. The Labute approximate surface area is 109 Å². The van der Waals surface area contributed by atoms with Gasteiger partial charge in [-0.1, -0.05) is 6.07 Å². The molecule has 19 heavy (non-hydrogen) atoms. The van der Waals surface area contributed by atoms with Crippen LogP contribution in [0, 0.1) is 0 Å². The Morgan fingerprint density at radius 1 is 1.37 bits per heavy atom. The second-order valence-corrected chi connectivity index (χ2v) is 3.61. The second-order valence-electron chi connectivity index (χ2n) is 3.61. The van der Waals surface area contributed by atoms with E-state index < -0.39 is 24.1 Å². The van der Waals surface area contributed by atoms with Crippen LogP contribution in [0.15, 0.2) is 18.3 Å². The minimum atomic E-state index is -1.70. The van der Waals surface area contributed by atoms with E-state index in [0.29, 0.717) is 0 Å². The van der Waals surface area contributed by atoms with Crippen molar-refractivity contribution in [1.29, 1.82) is 0 Å². The van der Waals surface area contributed by atoms with Crippen LogP contribution in [0.2, 0.25) is 0 Å². The molecular weight excluding hydrogens is 254 g/mol. The van der Waals surface area contributed by atoms with Crippen molar-refractivity contribution in [2.75, 3.05) is 13.7 Å². The van der Waals surface area contributed by atoms with Gasteiger partial charge in [0.1, 0.15) is 11.8 Å². The molecule has 0 aliphatic carbocycles. The molecule has 7 heteroatoms. The minimum Gasteiger partial charge on any atom is -0.464 e. The van der Waals surface area contributed by atoms with Gasteiger partial charge in [0.25, 0.3) is 0 Å². The molecule has 7 nitrogen and oxygen atoms in total. The smallest absolute Gasteiger partial charge is 0.356 e. The molecule has 1 rings (SSSR count). The van der Waals surface area contributed by atoms with Gasteiger partial charge in [-0.25, -0.2) is 14.6 Å². The molecular formula is C12H15NO6. The number of nitrogens with zero attached hydrogens (tertiary/aromatic N) is 1. The molecule has 0 radical (unpaired) electrons. The summed E-state index contributed by atoms with van der Waals surface area (Å²) in [6.07, 6.45) is -2.00. The normalized spacial score (nSPS) is 13.5. The highest BCUT2D eigenvalue weighted by Gasteiger charge is 2.27. The van der Waals surface area contributed by atoms with Crippen LogP contribution in [0.4, 0.5) is 0 Å². The highest BCUT2D eigenvalue weighted by molar-refractivity contribution is 5.87. The van der Waals surface area contributed by atoms with E-state index in [1.165, 1.54) is 25.4 Å². The highest BCUT2D eigenvalue weighted by Crippen LogP contribution is 2.17. The Balaban J connectivity index is 2.80. The fraction of sp³-hybridized carbons (Fsp3) is 0.417. The number of hydrogen-bond donors (Lipinski definition) is 2. The van der Waals surface area contributed by atoms with E-state index in [-0.39, 0.29) is 17.9 Å². The molecule has 0 saturated carbocycles. The quantitative estimate of drug-likeness (QED) is 0.714. The minimum absolute atomic E-state index is 0.0593. The first kappa shape index (κ1) is 15.1. The van der Waals surface area contributed by atoms with E-state index in [1.54, 1.807) is 6.92 Å². The predicted octanol–water partition coefficient (Wildman–Crippen LogP) is -0.174. The third kappa shape index (κ3) is 3.73. The third-order valence-corrected chi connectivity index (χ3v) is 2.35. The first-order valence-corrected chi connectivity index (χ1v) is 5.58. The molecule has 2 unspecified atom stereocenters. The van der Waals surface area contributed by atoms with Gasteiger partial charge in [-0.15, -0.1) is 0 Å². The summed E-state index contributed by atoms with van der Waals surface area (Å²) < 4.78 is 9.05. The Bertz CT molecular complexity index is 444. The number of hydrogen-bond acceptors (Lipinski definition) is 7. The molecule has 0 aromatic carbocycles. The van der Waals surface area contributed by atoms with Crippen molar-refractivity contribution in [3.8, 4) is 0 Å². The number of ether oxygens (including phenoxy) is 2. The second kappa shape index (κ2) is 6.81. The van der Waals surface area contributed by atoms with Crippen LogP contribution < -0.4 is 0 Å². The Morgan fingerprint density at radius 2 is 2.05 bits per heavy atom. The van der Waals surface area contributed by atoms with Crippen molar-refractivity contribution in [1.82, 2.24) is 4.98 Å². The van der Waals surface area contributed by atoms with Gasteiger partial charge >= 0.3 is 11.9 Å². The van der Waals surface area contributed by atoms with Crippen LogP contribution in [0.25, 0.3) is 0 Å². The summed E-state index contributed by atoms with van der Waals surface area (Å²) >= 11 is 0. The van der Waals surface area contributed by atoms with Gasteiger partial charge in [0.05, 0.1) is 13.7 Å². The monoisotopic (exact) mass is 269 g/mol. The number of aliphatic hydroxyl groups is 2. The lowest BCUT2D eigenvalue weighted by molar-refractivity contribution is -0.159. The van der Waals surface area contributed by atoms with Crippen LogP contribution >= 0.6 is 0 Å². The number of carbonyl (C=O) groups excluding carboxylic acids is 2. The summed E-state index contributed by atoms with van der Waals surface area (Å²) in [4.78, 5) is 26.2. The first-order valence-electron chi connectivity index (χ1n) is 5.58. The third-order valence-electron chi connectivity index (χ3n) is 2.35. The van der Waals surface area contributed by atoms with Gasteiger partial charge < -0.3 is 19.7 Å². The first-order chi connectivity index (χ1) is 9.01. The molecule has 0 fully saturated rings. The number of methoxy groups -OCH3 is 1. The van der Waals surface area contributed by atoms with Crippen LogP contribution in [0.3, 0.4) is 0 Å². The summed E-state index contributed by atoms with van der Waals surface area (Å²) in [7, 11) is 1.22. The lowest BCUT2D eigenvalue weighted by Crippen LogP contribution is -2.30. The summed E-state index contributed by atoms with van der Waals surface area (Å²) in [5.74, 6) is -1.54. The lowest BCUT2D eigenvalue weighted by atomic mass is 10.1. The number of aromatic nitrogens is 1. The summed E-state index contributed by atoms with van der Waals surface area (Å²) in [5, 5.41) is 19.3. The van der Waals surface area contributed by atoms with Crippen molar-refractivity contribution in [3.63, 3.8) is 0 Å². The van der Waals surface area contributed by atoms with E-state index in [0.717, 1.165) is 0 Å². The molecule has 0 aliphatic rings. The SMILES string of the molecule is CCOC(=O)C(O)C(O)c1ccc(C(=O)OC)nc1. The maximum Gasteiger partial charge on any atom is 0.356 e. The standard InChI is InChI=1S/C12H15NO6/c1-3-19-12(17)10(15)9(14)7-4-5-8(13-6-7)11(16)18-2/h4-6,9-10,14-15H,3H2,1-2H3. The van der Waals surface area contributed by atoms with Crippen LogP contribution in [-0.2, 0) is 14.3 Å². The topological polar surface area (TPSA) is 106 Å². The summed E-state index contributed by atoms with van der Waals surface area (Å²) in [5.41, 5.74) is 0.247. The van der Waals surface area contributed by atoms with E-state index in [2.05, 4.69) is 14.5 Å². The van der Waals surface area contributed by atoms with Crippen molar-refractivity contribution in [3.05, 3.63) is 29.6 Å². The van der Waals surface area contributed by atoms with Gasteiger partial charge in [0, 0.05) is 11.8 Å². The zero-order chi connectivity index (χ0) is 14.4. The molecule has 0 spiro atoms. The molecule has 1 aromatic rings. The number of carbonyl (C=O) groups is 2. The van der Waals surface area contributed by atoms with E-state index in [4.69, 9.17) is 0 Å². The summed E-state index contributed by atoms with van der Waals surface area (Å²) in [6, 6.07) is 2.69. The van der Waals surface area contributed by atoms with E-state index in [9.17, 15) is 19.8 Å². The Kier molecular flexibility index (Phi) is 5.40. The van der Waals surface area contributed by atoms with Gasteiger partial charge in [-0.2, -0.15) is 0 Å². The zero-order valence-electron chi connectivity index (χ0n) is 10.6. The van der Waals surface area contributed by atoms with Crippen molar-refractivity contribution >= 4 is 11.9 Å². The molecule has 0 amide bonds. The fourth-order valence-electron chi connectivity index (χ4n) is 1.34. The van der Waals surface area contributed by atoms with E-state index in [1.807, 2.05) is 0 Å². The number of aliphatic hydroxyl groups excluding tert-OH is 2. The molecule has 2 atom stereocenters. The van der Waals surface area contributed by atoms with Crippen molar-refractivity contribution in [2.45, 2.75) is 19.1 Å². The lowest BCUT2D eigenvalue weighted by Gasteiger charge is -2.16. The van der Waals surface area contributed by atoms with E-state index >= 15 is 0 Å². The molecule has 2 N–H and O–H groups in total. The molecule has 1 heterocycles. The Hall–Kier alpha value is -1.99. The molecule has 0 bridgehead atoms. The summed E-state index contributed by atoms with van der Waals surface area (Å²) in [6.45, 7) is 1.69. The maximum absolute atomic E-state index is 11.3. The van der Waals surface area contributed by atoms with Gasteiger partial charge in [0.15, 0.2) is 6.10 Å². The molecule has 1 aromatic heterocycles. The predicted molar refractivity (Wildman–Crippen MR) is 63.2 cm³/mol. The number of esters is 2. The van der Waals surface area contributed by atoms with Gasteiger partial charge in [-0.3, -0.25) is 0 Å². The van der Waals surface area contributed by atoms with Gasteiger partial charge in [0.2, 0.25) is 0 Å². The fourth-order valence-corrected chi connectivity index (χ4v) is 1.34. The molecule has 104 valence electrons. The average Bonchev–Trinajstić information content (AvgIpc) is 2.45. The van der Waals surface area contributed by atoms with Crippen molar-refractivity contribution < 1.29 is 29.3 Å². The zero-order valence-corrected chi connectivity index (χ0v) is 10.6. The maximum atomic E-state index is 11.3. The molecule has 0 saturated heterocycles. The van der Waals surface area contributed by atoms with Crippen molar-refractivity contribution in [2.24, 2.45) is 0 Å². The number of rotatable bonds is 5.